The fraction of sp³-hybridized carbons (Fsp3) is 0.308. The predicted octanol–water partition coefficient (Wildman–Crippen LogP) is 3.27. The highest BCUT2D eigenvalue weighted by Gasteiger charge is 2.12. The van der Waals surface area contributed by atoms with Crippen molar-refractivity contribution in [3.8, 4) is 0 Å². The lowest BCUT2D eigenvalue weighted by atomic mass is 10.1. The number of hydrogen-bond acceptors (Lipinski definition) is 2. The SMILES string of the molecule is CC(NCc1nccn1C(F)F)c1cccc(F)c1. The Bertz CT molecular complexity index is 539. The number of aromatic nitrogens is 2. The summed E-state index contributed by atoms with van der Waals surface area (Å²) >= 11 is 0. The molecular weight excluding hydrogens is 255 g/mol. The van der Waals surface area contributed by atoms with Crippen molar-refractivity contribution in [3.05, 3.63) is 53.9 Å². The maximum Gasteiger partial charge on any atom is 0.319 e. The molecule has 1 heterocycles. The number of alkyl halides is 2. The van der Waals surface area contributed by atoms with Gasteiger partial charge in [-0.25, -0.2) is 9.37 Å². The molecule has 3 nitrogen and oxygen atoms in total. The number of nitrogens with zero attached hydrogens (tertiary/aromatic N) is 2. The monoisotopic (exact) mass is 269 g/mol. The van der Waals surface area contributed by atoms with E-state index in [0.717, 1.165) is 10.1 Å². The van der Waals surface area contributed by atoms with Crippen molar-refractivity contribution >= 4 is 0 Å². The number of benzene rings is 1. The molecule has 1 aromatic heterocycles. The Morgan fingerprint density at radius 1 is 1.37 bits per heavy atom. The Hall–Kier alpha value is -1.82. The van der Waals surface area contributed by atoms with E-state index in [-0.39, 0.29) is 24.2 Å². The van der Waals surface area contributed by atoms with Gasteiger partial charge < -0.3 is 5.32 Å². The Morgan fingerprint density at radius 3 is 2.84 bits per heavy atom. The second kappa shape index (κ2) is 5.88. The lowest BCUT2D eigenvalue weighted by molar-refractivity contribution is 0.0665. The molecule has 1 aromatic carbocycles. The van der Waals surface area contributed by atoms with Crippen LogP contribution in [0, 0.1) is 5.82 Å². The summed E-state index contributed by atoms with van der Waals surface area (Å²) in [6.45, 7) is -0.580. The van der Waals surface area contributed by atoms with Crippen LogP contribution in [0.15, 0.2) is 36.7 Å². The van der Waals surface area contributed by atoms with E-state index in [0.29, 0.717) is 0 Å². The van der Waals surface area contributed by atoms with Crippen molar-refractivity contribution in [2.75, 3.05) is 0 Å². The van der Waals surface area contributed by atoms with Crippen molar-refractivity contribution in [2.45, 2.75) is 26.1 Å². The van der Waals surface area contributed by atoms with E-state index in [1.54, 1.807) is 12.1 Å². The molecule has 2 aromatic rings. The van der Waals surface area contributed by atoms with Crippen LogP contribution in [0.5, 0.6) is 0 Å². The summed E-state index contributed by atoms with van der Waals surface area (Å²) in [5, 5.41) is 3.04. The molecule has 0 spiro atoms. The van der Waals surface area contributed by atoms with Crippen molar-refractivity contribution in [3.63, 3.8) is 0 Å². The van der Waals surface area contributed by atoms with Crippen LogP contribution >= 0.6 is 0 Å². The molecule has 19 heavy (non-hydrogen) atoms. The Balaban J connectivity index is 2.00. The van der Waals surface area contributed by atoms with Gasteiger partial charge in [-0.05, 0) is 24.6 Å². The quantitative estimate of drug-likeness (QED) is 0.902. The summed E-state index contributed by atoms with van der Waals surface area (Å²) in [7, 11) is 0. The Morgan fingerprint density at radius 2 is 2.16 bits per heavy atom. The average Bonchev–Trinajstić information content (AvgIpc) is 2.84. The number of imidazole rings is 1. The maximum absolute atomic E-state index is 13.1. The third-order valence-electron chi connectivity index (χ3n) is 2.87. The Labute approximate surface area is 109 Å². The molecule has 0 aliphatic carbocycles. The fourth-order valence-electron chi connectivity index (χ4n) is 1.80. The molecular formula is C13H14F3N3. The second-order valence-electron chi connectivity index (χ2n) is 4.19. The zero-order valence-electron chi connectivity index (χ0n) is 10.4. The van der Waals surface area contributed by atoms with Crippen LogP contribution in [-0.4, -0.2) is 9.55 Å². The normalized spacial score (nSPS) is 12.9. The molecule has 1 N–H and O–H groups in total. The van der Waals surface area contributed by atoms with Gasteiger partial charge in [0.25, 0.3) is 0 Å². The topological polar surface area (TPSA) is 29.9 Å². The van der Waals surface area contributed by atoms with Gasteiger partial charge in [-0.1, -0.05) is 12.1 Å². The van der Waals surface area contributed by atoms with E-state index in [9.17, 15) is 13.2 Å². The zero-order valence-corrected chi connectivity index (χ0v) is 10.4. The van der Waals surface area contributed by atoms with Crippen molar-refractivity contribution in [2.24, 2.45) is 0 Å². The number of hydrogen-bond donors (Lipinski definition) is 1. The molecule has 1 unspecified atom stereocenters. The van der Waals surface area contributed by atoms with E-state index in [2.05, 4.69) is 10.3 Å². The van der Waals surface area contributed by atoms with Crippen LogP contribution in [0.3, 0.4) is 0 Å². The molecule has 0 radical (unpaired) electrons. The molecule has 0 saturated heterocycles. The summed E-state index contributed by atoms with van der Waals surface area (Å²) < 4.78 is 39.1. The van der Waals surface area contributed by atoms with Gasteiger partial charge in [-0.15, -0.1) is 0 Å². The van der Waals surface area contributed by atoms with Gasteiger partial charge in [0.15, 0.2) is 0 Å². The molecule has 0 saturated carbocycles. The van der Waals surface area contributed by atoms with E-state index in [1.165, 1.54) is 24.5 Å². The third kappa shape index (κ3) is 3.35. The van der Waals surface area contributed by atoms with Crippen LogP contribution in [0.4, 0.5) is 13.2 Å². The van der Waals surface area contributed by atoms with Crippen molar-refractivity contribution in [1.82, 2.24) is 14.9 Å². The zero-order chi connectivity index (χ0) is 13.8. The first-order valence-electron chi connectivity index (χ1n) is 5.86. The number of halogens is 3. The molecule has 0 bridgehead atoms. The first-order valence-corrected chi connectivity index (χ1v) is 5.86. The minimum Gasteiger partial charge on any atom is -0.303 e. The molecule has 0 aliphatic rings. The van der Waals surface area contributed by atoms with Crippen LogP contribution < -0.4 is 5.32 Å². The summed E-state index contributed by atoms with van der Waals surface area (Å²) in [4.78, 5) is 3.87. The standard InChI is InChI=1S/C13H14F3N3/c1-9(10-3-2-4-11(14)7-10)18-8-12-17-5-6-19(12)13(15)16/h2-7,9,13,18H,8H2,1H3. The summed E-state index contributed by atoms with van der Waals surface area (Å²) in [6.07, 6.45) is 2.56. The fourth-order valence-corrected chi connectivity index (χ4v) is 1.80. The average molecular weight is 269 g/mol. The van der Waals surface area contributed by atoms with Gasteiger partial charge in [0.2, 0.25) is 0 Å². The lowest BCUT2D eigenvalue weighted by Gasteiger charge is -2.14. The van der Waals surface area contributed by atoms with Gasteiger partial charge >= 0.3 is 6.55 Å². The highest BCUT2D eigenvalue weighted by atomic mass is 19.3. The van der Waals surface area contributed by atoms with E-state index >= 15 is 0 Å². The van der Waals surface area contributed by atoms with Gasteiger partial charge in [0.1, 0.15) is 11.6 Å². The predicted molar refractivity (Wildman–Crippen MR) is 65.1 cm³/mol. The number of rotatable bonds is 5. The minimum absolute atomic E-state index is 0.154. The van der Waals surface area contributed by atoms with Gasteiger partial charge in [0.05, 0.1) is 6.54 Å². The molecule has 2 rings (SSSR count). The highest BCUT2D eigenvalue weighted by Crippen LogP contribution is 2.16. The summed E-state index contributed by atoms with van der Waals surface area (Å²) in [6, 6.07) is 6.01. The lowest BCUT2D eigenvalue weighted by Crippen LogP contribution is -2.21. The van der Waals surface area contributed by atoms with Crippen molar-refractivity contribution < 1.29 is 13.2 Å². The van der Waals surface area contributed by atoms with E-state index in [4.69, 9.17) is 0 Å². The first kappa shape index (κ1) is 13.6. The highest BCUT2D eigenvalue weighted by molar-refractivity contribution is 5.19. The van der Waals surface area contributed by atoms with Crippen LogP contribution in [-0.2, 0) is 6.54 Å². The van der Waals surface area contributed by atoms with Crippen molar-refractivity contribution in [1.29, 1.82) is 0 Å². The van der Waals surface area contributed by atoms with Crippen LogP contribution in [0.1, 0.15) is 30.9 Å². The number of nitrogens with one attached hydrogen (secondary N) is 1. The van der Waals surface area contributed by atoms with Gasteiger partial charge in [-0.3, -0.25) is 4.57 Å². The molecule has 0 amide bonds. The maximum atomic E-state index is 13.1. The molecule has 102 valence electrons. The molecule has 1 atom stereocenters. The van der Waals surface area contributed by atoms with E-state index < -0.39 is 6.55 Å². The molecule has 0 fully saturated rings. The minimum atomic E-state index is -2.61. The smallest absolute Gasteiger partial charge is 0.303 e. The van der Waals surface area contributed by atoms with Gasteiger partial charge in [-0.2, -0.15) is 8.78 Å². The summed E-state index contributed by atoms with van der Waals surface area (Å²) in [5.41, 5.74) is 0.759. The molecule has 6 heteroatoms. The van der Waals surface area contributed by atoms with Crippen LogP contribution in [0.25, 0.3) is 0 Å². The largest absolute Gasteiger partial charge is 0.319 e. The van der Waals surface area contributed by atoms with Gasteiger partial charge in [0, 0.05) is 18.4 Å². The molecule has 0 aliphatic heterocycles. The Kier molecular flexibility index (Phi) is 4.21. The van der Waals surface area contributed by atoms with Crippen LogP contribution in [0.2, 0.25) is 0 Å². The second-order valence-corrected chi connectivity index (χ2v) is 4.19. The van der Waals surface area contributed by atoms with E-state index in [1.807, 2.05) is 6.92 Å². The third-order valence-corrected chi connectivity index (χ3v) is 2.87. The summed E-state index contributed by atoms with van der Waals surface area (Å²) in [5.74, 6) is -0.0708. The first-order chi connectivity index (χ1) is 9.08.